The van der Waals surface area contributed by atoms with Crippen LogP contribution < -0.4 is 19.1 Å². The molecule has 2 aliphatic heterocycles. The van der Waals surface area contributed by atoms with Crippen molar-refractivity contribution in [1.29, 1.82) is 0 Å². The second kappa shape index (κ2) is 7.76. The summed E-state index contributed by atoms with van der Waals surface area (Å²) in [6, 6.07) is 12.4. The highest BCUT2D eigenvalue weighted by atomic mass is 79.9. The molecule has 5 nitrogen and oxygen atoms in total. The first-order chi connectivity index (χ1) is 12.7. The van der Waals surface area contributed by atoms with Gasteiger partial charge < -0.3 is 19.1 Å². The van der Waals surface area contributed by atoms with Crippen LogP contribution in [0.15, 0.2) is 40.9 Å². The molecule has 2 aliphatic rings. The fourth-order valence-electron chi connectivity index (χ4n) is 3.44. The molecule has 0 atom stereocenters. The van der Waals surface area contributed by atoms with Crippen molar-refractivity contribution in [3.63, 3.8) is 0 Å². The molecule has 2 aromatic carbocycles. The largest absolute Gasteiger partial charge is 0.497 e. The summed E-state index contributed by atoms with van der Waals surface area (Å²) in [5, 5.41) is 0. The van der Waals surface area contributed by atoms with E-state index in [2.05, 4.69) is 43.9 Å². The molecule has 0 radical (unpaired) electrons. The van der Waals surface area contributed by atoms with Gasteiger partial charge in [0, 0.05) is 49.0 Å². The lowest BCUT2D eigenvalue weighted by atomic mass is 10.1. The molecule has 0 unspecified atom stereocenters. The Labute approximate surface area is 162 Å². The van der Waals surface area contributed by atoms with Gasteiger partial charge in [0.15, 0.2) is 11.5 Å². The SMILES string of the molecule is COc1cccc(N2CCN(Cc3cc4c(cc3Br)OCCO4)CC2)c1. The Bertz CT molecular complexity index is 776. The number of hydrogen-bond donors (Lipinski definition) is 0. The van der Waals surface area contributed by atoms with Gasteiger partial charge in [-0.25, -0.2) is 0 Å². The Balaban J connectivity index is 1.39. The number of halogens is 1. The minimum absolute atomic E-state index is 0.616. The summed E-state index contributed by atoms with van der Waals surface area (Å²) in [4.78, 5) is 4.89. The highest BCUT2D eigenvalue weighted by Crippen LogP contribution is 2.36. The van der Waals surface area contributed by atoms with Crippen molar-refractivity contribution < 1.29 is 14.2 Å². The van der Waals surface area contributed by atoms with Crippen LogP contribution in [-0.2, 0) is 6.54 Å². The molecular weight excluding hydrogens is 396 g/mol. The van der Waals surface area contributed by atoms with E-state index in [1.54, 1.807) is 7.11 Å². The van der Waals surface area contributed by atoms with Crippen LogP contribution in [0.25, 0.3) is 0 Å². The summed E-state index contributed by atoms with van der Waals surface area (Å²) in [6.07, 6.45) is 0. The maximum atomic E-state index is 5.72. The van der Waals surface area contributed by atoms with Gasteiger partial charge in [0.1, 0.15) is 19.0 Å². The summed E-state index contributed by atoms with van der Waals surface area (Å²) in [5.41, 5.74) is 2.47. The van der Waals surface area contributed by atoms with Gasteiger partial charge in [-0.15, -0.1) is 0 Å². The first-order valence-corrected chi connectivity index (χ1v) is 9.71. The molecular formula is C20H23BrN2O3. The quantitative estimate of drug-likeness (QED) is 0.758. The number of hydrogen-bond acceptors (Lipinski definition) is 5. The van der Waals surface area contributed by atoms with Gasteiger partial charge >= 0.3 is 0 Å². The minimum Gasteiger partial charge on any atom is -0.497 e. The Morgan fingerprint density at radius 3 is 2.46 bits per heavy atom. The van der Waals surface area contributed by atoms with Gasteiger partial charge in [-0.05, 0) is 29.8 Å². The van der Waals surface area contributed by atoms with Crippen LogP contribution in [0, 0.1) is 0 Å². The van der Waals surface area contributed by atoms with Gasteiger partial charge in [-0.1, -0.05) is 22.0 Å². The number of fused-ring (bicyclic) bond motifs is 1. The monoisotopic (exact) mass is 418 g/mol. The molecule has 0 bridgehead atoms. The molecule has 2 heterocycles. The predicted molar refractivity (Wildman–Crippen MR) is 106 cm³/mol. The lowest BCUT2D eigenvalue weighted by Crippen LogP contribution is -2.46. The summed E-state index contributed by atoms with van der Waals surface area (Å²) >= 11 is 3.68. The van der Waals surface area contributed by atoms with Crippen LogP contribution in [-0.4, -0.2) is 51.4 Å². The molecule has 0 saturated carbocycles. The van der Waals surface area contributed by atoms with Crippen molar-refractivity contribution in [2.45, 2.75) is 6.54 Å². The predicted octanol–water partition coefficient (Wildman–Crippen LogP) is 3.55. The Morgan fingerprint density at radius 2 is 1.73 bits per heavy atom. The van der Waals surface area contributed by atoms with Gasteiger partial charge in [0.05, 0.1) is 7.11 Å². The maximum Gasteiger partial charge on any atom is 0.162 e. The van der Waals surface area contributed by atoms with Crippen molar-refractivity contribution >= 4 is 21.6 Å². The number of methoxy groups -OCH3 is 1. The molecule has 0 N–H and O–H groups in total. The number of nitrogens with zero attached hydrogens (tertiary/aromatic N) is 2. The smallest absolute Gasteiger partial charge is 0.162 e. The van der Waals surface area contributed by atoms with E-state index in [9.17, 15) is 0 Å². The van der Waals surface area contributed by atoms with Gasteiger partial charge in [-0.3, -0.25) is 4.90 Å². The molecule has 138 valence electrons. The topological polar surface area (TPSA) is 34.2 Å². The molecule has 0 aromatic heterocycles. The van der Waals surface area contributed by atoms with E-state index < -0.39 is 0 Å². The van der Waals surface area contributed by atoms with E-state index in [-0.39, 0.29) is 0 Å². The number of ether oxygens (including phenoxy) is 3. The summed E-state index contributed by atoms with van der Waals surface area (Å²) in [5.74, 6) is 2.59. The average Bonchev–Trinajstić information content (AvgIpc) is 2.69. The fourth-order valence-corrected chi connectivity index (χ4v) is 3.89. The summed E-state index contributed by atoms with van der Waals surface area (Å²) < 4.78 is 17.8. The number of benzene rings is 2. The fraction of sp³-hybridized carbons (Fsp3) is 0.400. The second-order valence-electron chi connectivity index (χ2n) is 6.55. The first kappa shape index (κ1) is 17.5. The zero-order chi connectivity index (χ0) is 17.9. The highest BCUT2D eigenvalue weighted by molar-refractivity contribution is 9.10. The number of piperazine rings is 1. The molecule has 2 aromatic rings. The minimum atomic E-state index is 0.616. The van der Waals surface area contributed by atoms with Crippen molar-refractivity contribution in [2.75, 3.05) is 51.4 Å². The van der Waals surface area contributed by atoms with E-state index in [1.165, 1.54) is 11.3 Å². The molecule has 26 heavy (non-hydrogen) atoms. The first-order valence-electron chi connectivity index (χ1n) is 8.92. The molecule has 1 fully saturated rings. The van der Waals surface area contributed by atoms with Crippen LogP contribution in [0.1, 0.15) is 5.56 Å². The van der Waals surface area contributed by atoms with Gasteiger partial charge in [-0.2, -0.15) is 0 Å². The van der Waals surface area contributed by atoms with E-state index in [0.29, 0.717) is 13.2 Å². The van der Waals surface area contributed by atoms with Gasteiger partial charge in [0.2, 0.25) is 0 Å². The van der Waals surface area contributed by atoms with Crippen LogP contribution in [0.4, 0.5) is 5.69 Å². The van der Waals surface area contributed by atoms with Crippen LogP contribution in [0.5, 0.6) is 17.2 Å². The Kier molecular flexibility index (Phi) is 5.22. The second-order valence-corrected chi connectivity index (χ2v) is 7.41. The lowest BCUT2D eigenvalue weighted by Gasteiger charge is -2.36. The lowest BCUT2D eigenvalue weighted by molar-refractivity contribution is 0.170. The van der Waals surface area contributed by atoms with Crippen molar-refractivity contribution in [1.82, 2.24) is 4.90 Å². The van der Waals surface area contributed by atoms with Crippen molar-refractivity contribution in [3.8, 4) is 17.2 Å². The van der Waals surface area contributed by atoms with Crippen molar-refractivity contribution in [3.05, 3.63) is 46.4 Å². The molecule has 0 spiro atoms. The third-order valence-electron chi connectivity index (χ3n) is 4.90. The summed E-state index contributed by atoms with van der Waals surface area (Å²) in [6.45, 7) is 6.21. The molecule has 1 saturated heterocycles. The molecule has 0 amide bonds. The van der Waals surface area contributed by atoms with E-state index in [1.807, 2.05) is 18.2 Å². The normalized spacial score (nSPS) is 17.2. The van der Waals surface area contributed by atoms with E-state index in [4.69, 9.17) is 14.2 Å². The molecule has 4 rings (SSSR count). The summed E-state index contributed by atoms with van der Waals surface area (Å²) in [7, 11) is 1.71. The third-order valence-corrected chi connectivity index (χ3v) is 5.63. The van der Waals surface area contributed by atoms with Crippen LogP contribution >= 0.6 is 15.9 Å². The van der Waals surface area contributed by atoms with E-state index >= 15 is 0 Å². The highest BCUT2D eigenvalue weighted by Gasteiger charge is 2.20. The average molecular weight is 419 g/mol. The van der Waals surface area contributed by atoms with Crippen LogP contribution in [0.2, 0.25) is 0 Å². The molecule has 6 heteroatoms. The Morgan fingerprint density at radius 1 is 1.00 bits per heavy atom. The van der Waals surface area contributed by atoms with E-state index in [0.717, 1.165) is 54.4 Å². The Hall–Kier alpha value is -1.92. The number of rotatable bonds is 4. The van der Waals surface area contributed by atoms with Crippen molar-refractivity contribution in [2.24, 2.45) is 0 Å². The number of anilines is 1. The maximum absolute atomic E-state index is 5.72. The standard InChI is InChI=1S/C20H23BrN2O3/c1-24-17-4-2-3-16(12-17)23-7-5-22(6-8-23)14-15-11-19-20(13-18(15)21)26-10-9-25-19/h2-4,11-13H,5-10,14H2,1H3. The van der Waals surface area contributed by atoms with Gasteiger partial charge in [0.25, 0.3) is 0 Å². The third kappa shape index (κ3) is 3.76. The van der Waals surface area contributed by atoms with Crippen LogP contribution in [0.3, 0.4) is 0 Å². The molecule has 0 aliphatic carbocycles. The zero-order valence-corrected chi connectivity index (χ0v) is 16.5. The zero-order valence-electron chi connectivity index (χ0n) is 14.9.